The average molecular weight is 717 g/mol. The number of ether oxygens (including phenoxy) is 1. The first-order valence-electron chi connectivity index (χ1n) is 14.4. The van der Waals surface area contributed by atoms with Crippen LogP contribution in [0.3, 0.4) is 0 Å². The summed E-state index contributed by atoms with van der Waals surface area (Å²) in [6, 6.07) is 37.8. The molecule has 0 bridgehead atoms. The van der Waals surface area contributed by atoms with E-state index in [1.807, 2.05) is 97.1 Å². The predicted molar refractivity (Wildman–Crippen MR) is 182 cm³/mol. The molecule has 1 radical (unpaired) electrons. The van der Waals surface area contributed by atoms with Crippen LogP contribution >= 0.6 is 11.6 Å². The SMILES string of the molecule is O=C1C(=CC2=CC(c3ccccc3)=[Te]C(c3ccccc3)=C2)C([O-])=C1C=C1C=C(c2ccccc2)OC(c2ccccc2Cl)=C1. The number of allylic oxidation sites excluding steroid dienone is 10. The molecule has 0 fully saturated rings. The monoisotopic (exact) mass is 718 g/mol. The maximum absolute atomic E-state index is 13.5. The van der Waals surface area contributed by atoms with Gasteiger partial charge in [-0.3, -0.25) is 0 Å². The Hall–Kier alpha value is -4.72. The fraction of sp³-hybridized carbons (Fsp3) is 0. The van der Waals surface area contributed by atoms with Crippen molar-refractivity contribution in [3.05, 3.63) is 207 Å². The fourth-order valence-corrected chi connectivity index (χ4v) is 8.74. The minimum absolute atomic E-state index is 0.154. The molecule has 1 aliphatic carbocycles. The van der Waals surface area contributed by atoms with Crippen molar-refractivity contribution < 1.29 is 14.6 Å². The van der Waals surface area contributed by atoms with E-state index in [0.29, 0.717) is 22.1 Å². The van der Waals surface area contributed by atoms with Crippen molar-refractivity contribution in [2.24, 2.45) is 0 Å². The molecule has 3 aliphatic rings. The van der Waals surface area contributed by atoms with Crippen LogP contribution in [0.4, 0.5) is 0 Å². The summed E-state index contributed by atoms with van der Waals surface area (Å²) in [5.41, 5.74) is 5.82. The molecule has 0 saturated carbocycles. The first kappa shape index (κ1) is 29.0. The molecule has 0 spiro atoms. The van der Waals surface area contributed by atoms with Crippen LogP contribution in [0.15, 0.2) is 180 Å². The quantitative estimate of drug-likeness (QED) is 0.152. The summed E-state index contributed by atoms with van der Waals surface area (Å²) in [7, 11) is 0. The molecular formula is C40H25ClO3Te-. The van der Waals surface area contributed by atoms with Crippen LogP contribution < -0.4 is 5.11 Å². The summed E-state index contributed by atoms with van der Waals surface area (Å²) < 4.78 is 8.79. The molecule has 3 nitrogen and oxygen atoms in total. The Morgan fingerprint density at radius 1 is 0.644 bits per heavy atom. The molecule has 0 N–H and O–H groups in total. The van der Waals surface area contributed by atoms with E-state index in [1.165, 1.54) is 18.3 Å². The van der Waals surface area contributed by atoms with Crippen molar-refractivity contribution in [2.75, 3.05) is 0 Å². The Kier molecular flexibility index (Phi) is 8.20. The first-order chi connectivity index (χ1) is 22.0. The number of carbonyl (C=O) groups excluding carboxylic acids is 1. The van der Waals surface area contributed by atoms with Crippen molar-refractivity contribution in [2.45, 2.75) is 0 Å². The van der Waals surface area contributed by atoms with Crippen molar-refractivity contribution in [1.29, 1.82) is 0 Å². The normalized spacial score (nSPS) is 18.0. The van der Waals surface area contributed by atoms with Crippen molar-refractivity contribution in [1.82, 2.24) is 0 Å². The molecular weight excluding hydrogens is 691 g/mol. The minimum atomic E-state index is -0.675. The average Bonchev–Trinajstić information content (AvgIpc) is 3.10. The number of hydrogen-bond acceptors (Lipinski definition) is 3. The summed E-state index contributed by atoms with van der Waals surface area (Å²) in [6.07, 6.45) is 11.3. The van der Waals surface area contributed by atoms with Crippen molar-refractivity contribution in [3.8, 4) is 0 Å². The van der Waals surface area contributed by atoms with Crippen LogP contribution in [0.1, 0.15) is 22.3 Å². The standard InChI is InChI=1S/C40H26ClO3Te/c41-34-19-11-10-18-31(34)36-23-26(22-35(44-36)28-12-4-1-5-13-28)20-32-39(42)33(40(32)43)21-27-24-37(29-14-6-2-7-15-29)45-38(25-27)30-16-8-3-9-17-30/h1-25,42H/p-1. The molecule has 2 heterocycles. The summed E-state index contributed by atoms with van der Waals surface area (Å²) in [6.45, 7) is 0. The van der Waals surface area contributed by atoms with Crippen LogP contribution in [-0.2, 0) is 9.53 Å². The fourth-order valence-electron chi connectivity index (χ4n) is 5.27. The van der Waals surface area contributed by atoms with Crippen molar-refractivity contribution >= 4 is 56.5 Å². The van der Waals surface area contributed by atoms with E-state index in [4.69, 9.17) is 16.3 Å². The van der Waals surface area contributed by atoms with E-state index < -0.39 is 20.5 Å². The van der Waals surface area contributed by atoms with Crippen LogP contribution in [0.25, 0.3) is 15.1 Å². The molecule has 0 saturated heterocycles. The summed E-state index contributed by atoms with van der Waals surface area (Å²) >= 11 is 5.83. The molecule has 4 aromatic rings. The Balaban J connectivity index is 1.27. The molecule has 217 valence electrons. The van der Waals surface area contributed by atoms with E-state index in [1.54, 1.807) is 18.2 Å². The second-order valence-corrected chi connectivity index (χ2v) is 14.1. The van der Waals surface area contributed by atoms with Gasteiger partial charge in [-0.05, 0) is 12.1 Å². The van der Waals surface area contributed by atoms with E-state index in [0.717, 1.165) is 16.7 Å². The second kappa shape index (κ2) is 12.7. The number of carbonyl (C=O) groups is 1. The number of rotatable bonds is 6. The molecule has 7 rings (SSSR count). The third kappa shape index (κ3) is 6.14. The zero-order chi connectivity index (χ0) is 30.8. The van der Waals surface area contributed by atoms with Crippen LogP contribution in [0, 0.1) is 0 Å². The van der Waals surface area contributed by atoms with E-state index in [2.05, 4.69) is 36.4 Å². The summed E-state index contributed by atoms with van der Waals surface area (Å²) in [4.78, 5) is 13.5. The second-order valence-electron chi connectivity index (χ2n) is 10.6. The van der Waals surface area contributed by atoms with Crippen LogP contribution in [-0.4, -0.2) is 29.8 Å². The van der Waals surface area contributed by atoms with Gasteiger partial charge in [0.05, 0.1) is 5.02 Å². The topological polar surface area (TPSA) is 49.4 Å². The molecule has 0 unspecified atom stereocenters. The molecule has 5 heteroatoms. The molecule has 45 heavy (non-hydrogen) atoms. The predicted octanol–water partition coefficient (Wildman–Crippen LogP) is 7.71. The summed E-state index contributed by atoms with van der Waals surface area (Å²) in [5, 5.41) is 14.0. The summed E-state index contributed by atoms with van der Waals surface area (Å²) in [5.74, 6) is 0.622. The Morgan fingerprint density at radius 2 is 1.24 bits per heavy atom. The third-order valence-corrected chi connectivity index (χ3v) is 11.1. The van der Waals surface area contributed by atoms with Gasteiger partial charge in [0.25, 0.3) is 0 Å². The van der Waals surface area contributed by atoms with Gasteiger partial charge >= 0.3 is 207 Å². The molecule has 2 aliphatic heterocycles. The van der Waals surface area contributed by atoms with Gasteiger partial charge in [-0.1, -0.05) is 54.1 Å². The van der Waals surface area contributed by atoms with Crippen LogP contribution in [0.5, 0.6) is 0 Å². The van der Waals surface area contributed by atoms with Gasteiger partial charge < -0.3 is 0 Å². The van der Waals surface area contributed by atoms with Gasteiger partial charge in [-0.15, -0.1) is 0 Å². The van der Waals surface area contributed by atoms with E-state index >= 15 is 0 Å². The Labute approximate surface area is 276 Å². The molecule has 0 atom stereocenters. The van der Waals surface area contributed by atoms with Gasteiger partial charge in [0.1, 0.15) is 0 Å². The molecule has 0 aromatic heterocycles. The Morgan fingerprint density at radius 3 is 1.91 bits per heavy atom. The zero-order valence-corrected chi connectivity index (χ0v) is 27.0. The zero-order valence-electron chi connectivity index (χ0n) is 23.9. The maximum atomic E-state index is 13.5. The molecule has 0 amide bonds. The Bertz CT molecular complexity index is 2040. The number of Topliss-reactive ketones (excluding diaryl/α,β-unsaturated/α-hetero) is 1. The number of hydrogen-bond donors (Lipinski definition) is 0. The van der Waals surface area contributed by atoms with Gasteiger partial charge in [0.2, 0.25) is 0 Å². The number of halogens is 1. The van der Waals surface area contributed by atoms with E-state index in [-0.39, 0.29) is 22.7 Å². The number of benzene rings is 4. The van der Waals surface area contributed by atoms with Crippen molar-refractivity contribution in [3.63, 3.8) is 0 Å². The van der Waals surface area contributed by atoms with Gasteiger partial charge in [-0.25, -0.2) is 0 Å². The first-order valence-corrected chi connectivity index (χ1v) is 17.1. The van der Waals surface area contributed by atoms with Gasteiger partial charge in [0, 0.05) is 0 Å². The van der Waals surface area contributed by atoms with Crippen LogP contribution in [0.2, 0.25) is 5.02 Å². The third-order valence-electron chi connectivity index (χ3n) is 7.55. The van der Waals surface area contributed by atoms with Gasteiger partial charge in [0.15, 0.2) is 0 Å². The number of ketones is 1. The molecule has 4 aromatic carbocycles. The van der Waals surface area contributed by atoms with E-state index in [9.17, 15) is 9.90 Å². The van der Waals surface area contributed by atoms with Gasteiger partial charge in [-0.2, -0.15) is 0 Å².